The lowest BCUT2D eigenvalue weighted by Crippen LogP contribution is -2.32. The van der Waals surface area contributed by atoms with Crippen LogP contribution in [0.2, 0.25) is 0 Å². The third-order valence-corrected chi connectivity index (χ3v) is 4.00. The molecule has 2 aromatic rings. The lowest BCUT2D eigenvalue weighted by atomic mass is 10.1. The first kappa shape index (κ1) is 21.0. The van der Waals surface area contributed by atoms with Crippen molar-refractivity contribution in [3.63, 3.8) is 0 Å². The molecule has 0 atom stereocenters. The van der Waals surface area contributed by atoms with E-state index in [2.05, 4.69) is 15.8 Å². The Balaban J connectivity index is 1.94. The Morgan fingerprint density at radius 1 is 1.04 bits per heavy atom. The highest BCUT2D eigenvalue weighted by molar-refractivity contribution is 6.39. The molecule has 0 bridgehead atoms. The third kappa shape index (κ3) is 5.84. The van der Waals surface area contributed by atoms with Gasteiger partial charge < -0.3 is 14.8 Å². The van der Waals surface area contributed by atoms with Crippen molar-refractivity contribution in [1.29, 1.82) is 0 Å². The van der Waals surface area contributed by atoms with Crippen LogP contribution in [0.1, 0.15) is 30.0 Å². The zero-order valence-corrected chi connectivity index (χ0v) is 16.5. The van der Waals surface area contributed by atoms with E-state index in [9.17, 15) is 9.59 Å². The van der Waals surface area contributed by atoms with Gasteiger partial charge in [-0.15, -0.1) is 0 Å². The van der Waals surface area contributed by atoms with Crippen LogP contribution in [0, 0.1) is 13.8 Å². The highest BCUT2D eigenvalue weighted by Gasteiger charge is 2.13. The van der Waals surface area contributed by atoms with Gasteiger partial charge in [0, 0.05) is 5.69 Å². The predicted octanol–water partition coefficient (Wildman–Crippen LogP) is 3.19. The maximum atomic E-state index is 12.0. The number of benzene rings is 2. The zero-order valence-electron chi connectivity index (χ0n) is 16.5. The summed E-state index contributed by atoms with van der Waals surface area (Å²) in [4.78, 5) is 23.9. The van der Waals surface area contributed by atoms with Crippen LogP contribution in [0.15, 0.2) is 41.5 Å². The number of rotatable bonds is 7. The van der Waals surface area contributed by atoms with Gasteiger partial charge >= 0.3 is 11.8 Å². The van der Waals surface area contributed by atoms with Crippen LogP contribution in [0.25, 0.3) is 0 Å². The minimum atomic E-state index is -0.857. The molecule has 0 aromatic heterocycles. The number of amides is 2. The zero-order chi connectivity index (χ0) is 20.5. The quantitative estimate of drug-likeness (QED) is 0.437. The molecule has 0 aliphatic carbocycles. The largest absolute Gasteiger partial charge is 0.493 e. The van der Waals surface area contributed by atoms with Gasteiger partial charge in [-0.25, -0.2) is 5.43 Å². The van der Waals surface area contributed by atoms with Crippen LogP contribution in [-0.4, -0.2) is 31.7 Å². The molecule has 0 radical (unpaired) electrons. The summed E-state index contributed by atoms with van der Waals surface area (Å²) in [5.74, 6) is -0.444. The van der Waals surface area contributed by atoms with Gasteiger partial charge in [0.05, 0.1) is 19.9 Å². The van der Waals surface area contributed by atoms with Crippen molar-refractivity contribution >= 4 is 23.7 Å². The number of anilines is 1. The number of carbonyl (C=O) groups excluding carboxylic acids is 2. The summed E-state index contributed by atoms with van der Waals surface area (Å²) in [5, 5.41) is 6.36. The Morgan fingerprint density at radius 3 is 2.50 bits per heavy atom. The van der Waals surface area contributed by atoms with Gasteiger partial charge in [0.1, 0.15) is 0 Å². The summed E-state index contributed by atoms with van der Waals surface area (Å²) in [6, 6.07) is 10.7. The molecule has 0 aliphatic rings. The molecule has 0 saturated heterocycles. The summed E-state index contributed by atoms with van der Waals surface area (Å²) >= 11 is 0. The number of hydrogen-bond donors (Lipinski definition) is 2. The molecule has 7 nitrogen and oxygen atoms in total. The van der Waals surface area contributed by atoms with E-state index in [-0.39, 0.29) is 0 Å². The first-order chi connectivity index (χ1) is 13.4. The number of hydrogen-bond acceptors (Lipinski definition) is 5. The SMILES string of the molecule is CCCOc1ccc(/C=N\NC(=O)C(=O)Nc2ccc(C)c(C)c2)cc1OC. The Hall–Kier alpha value is -3.35. The molecule has 148 valence electrons. The third-order valence-electron chi connectivity index (χ3n) is 4.00. The molecular formula is C21H25N3O4. The van der Waals surface area contributed by atoms with Crippen LogP contribution in [0.3, 0.4) is 0 Å². The molecule has 0 heterocycles. The number of aryl methyl sites for hydroxylation is 2. The second-order valence-electron chi connectivity index (χ2n) is 6.21. The average Bonchev–Trinajstić information content (AvgIpc) is 2.69. The van der Waals surface area contributed by atoms with Crippen LogP contribution in [-0.2, 0) is 9.59 Å². The molecule has 0 saturated carbocycles. The Kier molecular flexibility index (Phi) is 7.56. The van der Waals surface area contributed by atoms with Crippen molar-refractivity contribution in [3.05, 3.63) is 53.1 Å². The average molecular weight is 383 g/mol. The van der Waals surface area contributed by atoms with E-state index in [4.69, 9.17) is 9.47 Å². The van der Waals surface area contributed by atoms with E-state index in [1.165, 1.54) is 6.21 Å². The van der Waals surface area contributed by atoms with Crippen LogP contribution in [0.4, 0.5) is 5.69 Å². The number of nitrogens with zero attached hydrogens (tertiary/aromatic N) is 1. The smallest absolute Gasteiger partial charge is 0.329 e. The first-order valence-electron chi connectivity index (χ1n) is 8.97. The number of methoxy groups -OCH3 is 1. The number of nitrogens with one attached hydrogen (secondary N) is 2. The topological polar surface area (TPSA) is 89.0 Å². The second kappa shape index (κ2) is 10.1. The van der Waals surface area contributed by atoms with Crippen LogP contribution >= 0.6 is 0 Å². The van der Waals surface area contributed by atoms with Gasteiger partial charge in [0.25, 0.3) is 0 Å². The molecule has 2 rings (SSSR count). The highest BCUT2D eigenvalue weighted by Crippen LogP contribution is 2.27. The second-order valence-corrected chi connectivity index (χ2v) is 6.21. The van der Waals surface area contributed by atoms with Crippen molar-refractivity contribution < 1.29 is 19.1 Å². The lowest BCUT2D eigenvalue weighted by molar-refractivity contribution is -0.136. The van der Waals surface area contributed by atoms with Gasteiger partial charge in [-0.1, -0.05) is 13.0 Å². The van der Waals surface area contributed by atoms with Crippen LogP contribution < -0.4 is 20.2 Å². The van der Waals surface area contributed by atoms with Gasteiger partial charge in [-0.3, -0.25) is 9.59 Å². The molecule has 0 fully saturated rings. The molecule has 0 aliphatic heterocycles. The van der Waals surface area contributed by atoms with E-state index in [0.717, 1.165) is 17.5 Å². The fourth-order valence-corrected chi connectivity index (χ4v) is 2.32. The maximum Gasteiger partial charge on any atom is 0.329 e. The van der Waals surface area contributed by atoms with Gasteiger partial charge in [-0.2, -0.15) is 5.10 Å². The fraction of sp³-hybridized carbons (Fsp3) is 0.286. The number of carbonyl (C=O) groups is 2. The fourth-order valence-electron chi connectivity index (χ4n) is 2.32. The molecule has 28 heavy (non-hydrogen) atoms. The summed E-state index contributed by atoms with van der Waals surface area (Å²) in [5.41, 5.74) is 5.59. The van der Waals surface area contributed by atoms with Crippen molar-refractivity contribution in [2.45, 2.75) is 27.2 Å². The van der Waals surface area contributed by atoms with Crippen molar-refractivity contribution in [3.8, 4) is 11.5 Å². The summed E-state index contributed by atoms with van der Waals surface area (Å²) in [6.07, 6.45) is 2.32. The summed E-state index contributed by atoms with van der Waals surface area (Å²) in [6.45, 7) is 6.52. The molecular weight excluding hydrogens is 358 g/mol. The minimum absolute atomic E-state index is 0.555. The predicted molar refractivity (Wildman–Crippen MR) is 109 cm³/mol. The normalized spacial score (nSPS) is 10.6. The van der Waals surface area contributed by atoms with Crippen molar-refractivity contribution in [2.24, 2.45) is 5.10 Å². The van der Waals surface area contributed by atoms with E-state index in [1.54, 1.807) is 37.4 Å². The lowest BCUT2D eigenvalue weighted by Gasteiger charge is -2.10. The molecule has 0 unspecified atom stereocenters. The number of hydrazone groups is 1. The standard InChI is InChI=1S/C21H25N3O4/c1-5-10-28-18-9-7-16(12-19(18)27-4)13-22-24-21(26)20(25)23-17-8-6-14(2)15(3)11-17/h6-9,11-13H,5,10H2,1-4H3,(H,23,25)(H,24,26)/b22-13-. The first-order valence-corrected chi connectivity index (χ1v) is 8.97. The van der Waals surface area contributed by atoms with E-state index < -0.39 is 11.8 Å². The van der Waals surface area contributed by atoms with Gasteiger partial charge in [0.2, 0.25) is 0 Å². The van der Waals surface area contributed by atoms with Crippen LogP contribution in [0.5, 0.6) is 11.5 Å². The summed E-state index contributed by atoms with van der Waals surface area (Å²) in [7, 11) is 1.55. The number of ether oxygens (including phenoxy) is 2. The molecule has 2 amide bonds. The minimum Gasteiger partial charge on any atom is -0.493 e. The highest BCUT2D eigenvalue weighted by atomic mass is 16.5. The van der Waals surface area contributed by atoms with Gasteiger partial charge in [0.15, 0.2) is 11.5 Å². The van der Waals surface area contributed by atoms with E-state index in [1.807, 2.05) is 26.8 Å². The van der Waals surface area contributed by atoms with E-state index >= 15 is 0 Å². The Labute approximate surface area is 164 Å². The Bertz CT molecular complexity index is 878. The molecule has 2 N–H and O–H groups in total. The maximum absolute atomic E-state index is 12.0. The van der Waals surface area contributed by atoms with Crippen molar-refractivity contribution in [1.82, 2.24) is 5.43 Å². The molecule has 2 aromatic carbocycles. The van der Waals surface area contributed by atoms with Crippen molar-refractivity contribution in [2.75, 3.05) is 19.0 Å². The molecule has 7 heteroatoms. The Morgan fingerprint density at radius 2 is 1.82 bits per heavy atom. The van der Waals surface area contributed by atoms with Gasteiger partial charge in [-0.05, 0) is 67.3 Å². The summed E-state index contributed by atoms with van der Waals surface area (Å²) < 4.78 is 10.9. The molecule has 0 spiro atoms. The monoisotopic (exact) mass is 383 g/mol. The van der Waals surface area contributed by atoms with E-state index in [0.29, 0.717) is 29.4 Å².